The lowest BCUT2D eigenvalue weighted by Gasteiger charge is -2.15. The summed E-state index contributed by atoms with van der Waals surface area (Å²) < 4.78 is 0. The van der Waals surface area contributed by atoms with Gasteiger partial charge in [0.05, 0.1) is 6.04 Å². The van der Waals surface area contributed by atoms with Gasteiger partial charge >= 0.3 is 0 Å². The van der Waals surface area contributed by atoms with E-state index >= 15 is 0 Å². The van der Waals surface area contributed by atoms with Gasteiger partial charge in [0.2, 0.25) is 5.91 Å². The highest BCUT2D eigenvalue weighted by molar-refractivity contribution is 5.98. The van der Waals surface area contributed by atoms with E-state index in [1.807, 2.05) is 6.07 Å². The topological polar surface area (TPSA) is 70.2 Å². The van der Waals surface area contributed by atoms with Gasteiger partial charge in [-0.15, -0.1) is 0 Å². The molecule has 0 spiro atoms. The van der Waals surface area contributed by atoms with Crippen LogP contribution in [0.5, 0.6) is 0 Å². The minimum atomic E-state index is -0.144. The number of carbonyl (C=O) groups excluding carboxylic acids is 2. The van der Waals surface area contributed by atoms with Gasteiger partial charge < -0.3 is 16.0 Å². The monoisotopic (exact) mass is 287 g/mol. The van der Waals surface area contributed by atoms with E-state index < -0.39 is 0 Å². The number of hydrogen-bond acceptors (Lipinski definition) is 3. The zero-order valence-electron chi connectivity index (χ0n) is 12.2. The Morgan fingerprint density at radius 2 is 2.05 bits per heavy atom. The summed E-state index contributed by atoms with van der Waals surface area (Å²) in [6, 6.07) is 7.29. The van der Waals surface area contributed by atoms with Crippen molar-refractivity contribution in [1.82, 2.24) is 10.6 Å². The SMILES string of the molecule is CC1CCNC1C(=O)Nc1cccc(C(=O)NC2CC2)c1. The summed E-state index contributed by atoms with van der Waals surface area (Å²) in [4.78, 5) is 24.2. The fourth-order valence-electron chi connectivity index (χ4n) is 2.64. The van der Waals surface area contributed by atoms with Crippen LogP contribution in [0.25, 0.3) is 0 Å². The second kappa shape index (κ2) is 5.85. The van der Waals surface area contributed by atoms with Gasteiger partial charge in [-0.2, -0.15) is 0 Å². The molecule has 21 heavy (non-hydrogen) atoms. The number of rotatable bonds is 4. The molecular formula is C16H21N3O2. The van der Waals surface area contributed by atoms with Crippen LogP contribution in [0, 0.1) is 5.92 Å². The lowest BCUT2D eigenvalue weighted by molar-refractivity contribution is -0.118. The van der Waals surface area contributed by atoms with Crippen LogP contribution >= 0.6 is 0 Å². The Kier molecular flexibility index (Phi) is 3.92. The van der Waals surface area contributed by atoms with Crippen LogP contribution in [0.4, 0.5) is 5.69 Å². The summed E-state index contributed by atoms with van der Waals surface area (Å²) in [5, 5.41) is 9.05. The van der Waals surface area contributed by atoms with Crippen LogP contribution in [0.2, 0.25) is 0 Å². The Labute approximate surface area is 124 Å². The summed E-state index contributed by atoms with van der Waals surface area (Å²) >= 11 is 0. The molecular weight excluding hydrogens is 266 g/mol. The highest BCUT2D eigenvalue weighted by Crippen LogP contribution is 2.20. The molecule has 2 atom stereocenters. The van der Waals surface area contributed by atoms with Gasteiger partial charge in [0.15, 0.2) is 0 Å². The number of carbonyl (C=O) groups is 2. The van der Waals surface area contributed by atoms with E-state index in [0.717, 1.165) is 25.8 Å². The summed E-state index contributed by atoms with van der Waals surface area (Å²) in [5.41, 5.74) is 1.26. The Hall–Kier alpha value is -1.88. The van der Waals surface area contributed by atoms with Crippen LogP contribution in [-0.4, -0.2) is 30.4 Å². The molecule has 5 heteroatoms. The maximum Gasteiger partial charge on any atom is 0.251 e. The third kappa shape index (κ3) is 3.42. The Morgan fingerprint density at radius 1 is 1.24 bits per heavy atom. The molecule has 1 saturated heterocycles. The number of hydrogen-bond donors (Lipinski definition) is 3. The second-order valence-corrected chi connectivity index (χ2v) is 6.02. The third-order valence-corrected chi connectivity index (χ3v) is 4.12. The maximum atomic E-state index is 12.2. The molecule has 1 aromatic carbocycles. The first-order valence-corrected chi connectivity index (χ1v) is 7.58. The van der Waals surface area contributed by atoms with Gasteiger partial charge in [0, 0.05) is 17.3 Å². The van der Waals surface area contributed by atoms with Crippen molar-refractivity contribution >= 4 is 17.5 Å². The van der Waals surface area contributed by atoms with Gasteiger partial charge in [-0.05, 0) is 49.9 Å². The van der Waals surface area contributed by atoms with Gasteiger partial charge in [-0.25, -0.2) is 0 Å². The first kappa shape index (κ1) is 14.1. The van der Waals surface area contributed by atoms with Crippen molar-refractivity contribution in [3.63, 3.8) is 0 Å². The highest BCUT2D eigenvalue weighted by Gasteiger charge is 2.29. The Morgan fingerprint density at radius 3 is 2.71 bits per heavy atom. The van der Waals surface area contributed by atoms with E-state index in [4.69, 9.17) is 0 Å². The summed E-state index contributed by atoms with van der Waals surface area (Å²) in [6.07, 6.45) is 3.14. The van der Waals surface area contributed by atoms with E-state index in [0.29, 0.717) is 23.2 Å². The molecule has 0 aromatic heterocycles. The van der Waals surface area contributed by atoms with E-state index in [2.05, 4.69) is 22.9 Å². The average molecular weight is 287 g/mol. The first-order valence-electron chi connectivity index (χ1n) is 7.58. The minimum Gasteiger partial charge on any atom is -0.349 e. The zero-order chi connectivity index (χ0) is 14.8. The fraction of sp³-hybridized carbons (Fsp3) is 0.500. The van der Waals surface area contributed by atoms with Crippen LogP contribution in [0.1, 0.15) is 36.5 Å². The van der Waals surface area contributed by atoms with Crippen LogP contribution in [0.15, 0.2) is 24.3 Å². The number of nitrogens with one attached hydrogen (secondary N) is 3. The van der Waals surface area contributed by atoms with Crippen molar-refractivity contribution in [2.75, 3.05) is 11.9 Å². The van der Waals surface area contributed by atoms with E-state index in [9.17, 15) is 9.59 Å². The molecule has 0 bridgehead atoms. The number of anilines is 1. The average Bonchev–Trinajstić information content (AvgIpc) is 3.17. The largest absolute Gasteiger partial charge is 0.349 e. The molecule has 2 unspecified atom stereocenters. The number of benzene rings is 1. The van der Waals surface area contributed by atoms with Crippen molar-refractivity contribution < 1.29 is 9.59 Å². The number of amides is 2. The van der Waals surface area contributed by atoms with Gasteiger partial charge in [0.1, 0.15) is 0 Å². The Bertz CT molecular complexity index is 554. The Balaban J connectivity index is 1.65. The highest BCUT2D eigenvalue weighted by atomic mass is 16.2. The lowest BCUT2D eigenvalue weighted by Crippen LogP contribution is -2.39. The predicted molar refractivity (Wildman–Crippen MR) is 81.1 cm³/mol. The van der Waals surface area contributed by atoms with Crippen LogP contribution < -0.4 is 16.0 Å². The molecule has 2 aliphatic rings. The van der Waals surface area contributed by atoms with Crippen molar-refractivity contribution in [2.24, 2.45) is 5.92 Å². The molecule has 1 saturated carbocycles. The molecule has 1 heterocycles. The molecule has 0 radical (unpaired) electrons. The smallest absolute Gasteiger partial charge is 0.251 e. The van der Waals surface area contributed by atoms with Crippen LogP contribution in [-0.2, 0) is 4.79 Å². The third-order valence-electron chi connectivity index (χ3n) is 4.12. The molecule has 5 nitrogen and oxygen atoms in total. The minimum absolute atomic E-state index is 0.0280. The normalized spacial score (nSPS) is 24.6. The maximum absolute atomic E-state index is 12.2. The standard InChI is InChI=1S/C16H21N3O2/c1-10-7-8-17-14(10)16(21)19-13-4-2-3-11(9-13)15(20)18-12-5-6-12/h2-4,9-10,12,14,17H,5-8H2,1H3,(H,18,20)(H,19,21). The van der Waals surface area contributed by atoms with E-state index in [-0.39, 0.29) is 17.9 Å². The van der Waals surface area contributed by atoms with Crippen molar-refractivity contribution in [2.45, 2.75) is 38.3 Å². The zero-order valence-corrected chi connectivity index (χ0v) is 12.2. The van der Waals surface area contributed by atoms with Crippen molar-refractivity contribution in [1.29, 1.82) is 0 Å². The summed E-state index contributed by atoms with van der Waals surface area (Å²) in [5.74, 6) is 0.243. The molecule has 1 aliphatic heterocycles. The molecule has 3 N–H and O–H groups in total. The summed E-state index contributed by atoms with van der Waals surface area (Å²) in [7, 11) is 0. The summed E-state index contributed by atoms with van der Waals surface area (Å²) in [6.45, 7) is 2.95. The van der Waals surface area contributed by atoms with Gasteiger partial charge in [-0.3, -0.25) is 9.59 Å². The predicted octanol–water partition coefficient (Wildman–Crippen LogP) is 1.52. The van der Waals surface area contributed by atoms with Crippen LogP contribution in [0.3, 0.4) is 0 Å². The molecule has 1 aliphatic carbocycles. The quantitative estimate of drug-likeness (QED) is 0.786. The van der Waals surface area contributed by atoms with E-state index in [1.165, 1.54) is 0 Å². The lowest BCUT2D eigenvalue weighted by atomic mass is 10.0. The second-order valence-electron chi connectivity index (χ2n) is 6.02. The molecule has 112 valence electrons. The molecule has 2 fully saturated rings. The van der Waals surface area contributed by atoms with Crippen molar-refractivity contribution in [3.8, 4) is 0 Å². The molecule has 3 rings (SSSR count). The molecule has 1 aromatic rings. The first-order chi connectivity index (χ1) is 10.1. The van der Waals surface area contributed by atoms with Gasteiger partial charge in [0.25, 0.3) is 5.91 Å². The molecule has 2 amide bonds. The van der Waals surface area contributed by atoms with Crippen molar-refractivity contribution in [3.05, 3.63) is 29.8 Å². The van der Waals surface area contributed by atoms with E-state index in [1.54, 1.807) is 18.2 Å². The van der Waals surface area contributed by atoms with Gasteiger partial charge in [-0.1, -0.05) is 13.0 Å². The fourth-order valence-corrected chi connectivity index (χ4v) is 2.64.